The van der Waals surface area contributed by atoms with E-state index in [9.17, 15) is 13.2 Å². The van der Waals surface area contributed by atoms with Crippen molar-refractivity contribution in [2.75, 3.05) is 13.1 Å². The van der Waals surface area contributed by atoms with Crippen LogP contribution in [0.2, 0.25) is 0 Å². The Morgan fingerprint density at radius 1 is 1.07 bits per heavy atom. The van der Waals surface area contributed by atoms with Gasteiger partial charge < -0.3 is 10.1 Å². The summed E-state index contributed by atoms with van der Waals surface area (Å²) in [7, 11) is -3.73. The molecule has 3 N–H and O–H groups in total. The molecule has 0 aliphatic carbocycles. The molecule has 1 heterocycles. The van der Waals surface area contributed by atoms with Gasteiger partial charge in [-0.25, -0.2) is 13.6 Å². The number of amides is 1. The van der Waals surface area contributed by atoms with Gasteiger partial charge in [-0.3, -0.25) is 9.69 Å². The summed E-state index contributed by atoms with van der Waals surface area (Å²) in [4.78, 5) is 14.8. The van der Waals surface area contributed by atoms with Crippen molar-refractivity contribution >= 4 is 15.9 Å². The monoisotopic (exact) mass is 431 g/mol. The van der Waals surface area contributed by atoms with E-state index >= 15 is 0 Å². The molecule has 2 unspecified atom stereocenters. The molecule has 1 aliphatic rings. The van der Waals surface area contributed by atoms with Gasteiger partial charge >= 0.3 is 0 Å². The molecule has 0 spiro atoms. The fourth-order valence-electron chi connectivity index (χ4n) is 3.78. The highest BCUT2D eigenvalue weighted by Gasteiger charge is 2.22. The van der Waals surface area contributed by atoms with Gasteiger partial charge in [0.1, 0.15) is 0 Å². The second kappa shape index (κ2) is 9.70. The number of primary sulfonamides is 1. The normalized spacial score (nSPS) is 20.1. The molecule has 30 heavy (non-hydrogen) atoms. The van der Waals surface area contributed by atoms with Crippen LogP contribution >= 0.6 is 0 Å². The minimum Gasteiger partial charge on any atom is -0.373 e. The molecule has 0 bridgehead atoms. The molecule has 7 nitrogen and oxygen atoms in total. The number of carbonyl (C=O) groups is 1. The van der Waals surface area contributed by atoms with E-state index in [4.69, 9.17) is 9.88 Å². The zero-order valence-electron chi connectivity index (χ0n) is 17.4. The van der Waals surface area contributed by atoms with Gasteiger partial charge in [0.05, 0.1) is 23.5 Å². The van der Waals surface area contributed by atoms with E-state index in [2.05, 4.69) is 30.1 Å². The Kier molecular flexibility index (Phi) is 7.25. The molecule has 1 amide bonds. The van der Waals surface area contributed by atoms with Crippen molar-refractivity contribution in [3.8, 4) is 0 Å². The van der Waals surface area contributed by atoms with Gasteiger partial charge in [0, 0.05) is 26.2 Å². The molecule has 162 valence electrons. The van der Waals surface area contributed by atoms with Crippen molar-refractivity contribution in [3.05, 3.63) is 65.2 Å². The van der Waals surface area contributed by atoms with Crippen LogP contribution in [0.3, 0.4) is 0 Å². The van der Waals surface area contributed by atoms with Gasteiger partial charge in [-0.1, -0.05) is 36.4 Å². The second-order valence-corrected chi connectivity index (χ2v) is 9.42. The van der Waals surface area contributed by atoms with E-state index in [0.29, 0.717) is 6.54 Å². The van der Waals surface area contributed by atoms with Crippen molar-refractivity contribution in [1.29, 1.82) is 0 Å². The van der Waals surface area contributed by atoms with Crippen molar-refractivity contribution in [2.24, 2.45) is 5.14 Å². The minimum absolute atomic E-state index is 0.0346. The standard InChI is InChI=1S/C22H29N3O4S/c1-16-13-25(14-17(2)29-16)15-20-6-4-3-5-19(20)12-24-22(26)11-18-7-9-21(10-8-18)30(23,27)28/h3-10,16-17H,11-15H2,1-2H3,(H,24,26)(H2,23,27,28). The van der Waals surface area contributed by atoms with Crippen LogP contribution in [0, 0.1) is 0 Å². The van der Waals surface area contributed by atoms with E-state index in [1.165, 1.54) is 17.7 Å². The third-order valence-corrected chi connectivity index (χ3v) is 6.03. The first-order valence-electron chi connectivity index (χ1n) is 10.0. The molecule has 1 saturated heterocycles. The maximum absolute atomic E-state index is 12.4. The topological polar surface area (TPSA) is 102 Å². The Morgan fingerprint density at radius 3 is 2.27 bits per heavy atom. The summed E-state index contributed by atoms with van der Waals surface area (Å²) in [6, 6.07) is 14.2. The van der Waals surface area contributed by atoms with Crippen molar-refractivity contribution in [2.45, 2.75) is 50.5 Å². The van der Waals surface area contributed by atoms with Gasteiger partial charge in [-0.05, 0) is 42.7 Å². The lowest BCUT2D eigenvalue weighted by molar-refractivity contribution is -0.120. The highest BCUT2D eigenvalue weighted by atomic mass is 32.2. The summed E-state index contributed by atoms with van der Waals surface area (Å²) < 4.78 is 28.5. The molecular weight excluding hydrogens is 402 g/mol. The van der Waals surface area contributed by atoms with Gasteiger partial charge in [-0.15, -0.1) is 0 Å². The van der Waals surface area contributed by atoms with Gasteiger partial charge in [0.25, 0.3) is 0 Å². The molecule has 2 aromatic carbocycles. The van der Waals surface area contributed by atoms with E-state index in [1.54, 1.807) is 12.1 Å². The minimum atomic E-state index is -3.73. The molecule has 0 saturated carbocycles. The highest BCUT2D eigenvalue weighted by molar-refractivity contribution is 7.89. The summed E-state index contributed by atoms with van der Waals surface area (Å²) in [5.41, 5.74) is 3.00. The number of morpholine rings is 1. The van der Waals surface area contributed by atoms with Gasteiger partial charge in [-0.2, -0.15) is 0 Å². The van der Waals surface area contributed by atoms with Crippen molar-refractivity contribution < 1.29 is 17.9 Å². The molecular formula is C22H29N3O4S. The average Bonchev–Trinajstić information content (AvgIpc) is 2.66. The molecule has 3 rings (SSSR count). The predicted molar refractivity (Wildman–Crippen MR) is 115 cm³/mol. The number of nitrogens with one attached hydrogen (secondary N) is 1. The average molecular weight is 432 g/mol. The third kappa shape index (κ3) is 6.37. The number of ether oxygens (including phenoxy) is 1. The predicted octanol–water partition coefficient (Wildman–Crippen LogP) is 1.80. The highest BCUT2D eigenvalue weighted by Crippen LogP contribution is 2.17. The Morgan fingerprint density at radius 2 is 1.67 bits per heavy atom. The van der Waals surface area contributed by atoms with Crippen LogP contribution in [0.5, 0.6) is 0 Å². The van der Waals surface area contributed by atoms with Crippen molar-refractivity contribution in [3.63, 3.8) is 0 Å². The van der Waals surface area contributed by atoms with E-state index in [1.807, 2.05) is 18.2 Å². The van der Waals surface area contributed by atoms with E-state index in [0.717, 1.165) is 30.8 Å². The summed E-state index contributed by atoms with van der Waals surface area (Å²) in [6.07, 6.45) is 0.591. The van der Waals surface area contributed by atoms with Crippen LogP contribution in [0.4, 0.5) is 0 Å². The number of benzene rings is 2. The van der Waals surface area contributed by atoms with Gasteiger partial charge in [0.15, 0.2) is 0 Å². The van der Waals surface area contributed by atoms with Crippen LogP contribution in [-0.2, 0) is 39.1 Å². The molecule has 1 aliphatic heterocycles. The number of hydrogen-bond acceptors (Lipinski definition) is 5. The van der Waals surface area contributed by atoms with Gasteiger partial charge in [0.2, 0.25) is 15.9 Å². The van der Waals surface area contributed by atoms with Crippen LogP contribution < -0.4 is 10.5 Å². The number of carbonyl (C=O) groups excluding carboxylic acids is 1. The third-order valence-electron chi connectivity index (χ3n) is 5.10. The summed E-state index contributed by atoms with van der Waals surface area (Å²) in [5.74, 6) is -0.123. The van der Waals surface area contributed by atoms with Crippen LogP contribution in [0.15, 0.2) is 53.4 Å². The lowest BCUT2D eigenvalue weighted by atomic mass is 10.1. The zero-order valence-corrected chi connectivity index (χ0v) is 18.2. The quantitative estimate of drug-likeness (QED) is 0.696. The Bertz CT molecular complexity index is 966. The molecule has 0 radical (unpaired) electrons. The summed E-state index contributed by atoms with van der Waals surface area (Å²) in [5, 5.41) is 8.06. The summed E-state index contributed by atoms with van der Waals surface area (Å²) >= 11 is 0. The molecule has 2 atom stereocenters. The fraction of sp³-hybridized carbons (Fsp3) is 0.409. The molecule has 0 aromatic heterocycles. The van der Waals surface area contributed by atoms with E-state index < -0.39 is 10.0 Å². The first-order chi connectivity index (χ1) is 14.2. The maximum Gasteiger partial charge on any atom is 0.238 e. The Balaban J connectivity index is 1.57. The number of nitrogens with two attached hydrogens (primary N) is 1. The largest absolute Gasteiger partial charge is 0.373 e. The molecule has 1 fully saturated rings. The van der Waals surface area contributed by atoms with Crippen LogP contribution in [0.25, 0.3) is 0 Å². The SMILES string of the molecule is CC1CN(Cc2ccccc2CNC(=O)Cc2ccc(S(N)(=O)=O)cc2)CC(C)O1. The fourth-order valence-corrected chi connectivity index (χ4v) is 4.29. The van der Waals surface area contributed by atoms with Crippen molar-refractivity contribution in [1.82, 2.24) is 10.2 Å². The van der Waals surface area contributed by atoms with E-state index in [-0.39, 0.29) is 29.4 Å². The Hall–Kier alpha value is -2.26. The maximum atomic E-state index is 12.4. The van der Waals surface area contributed by atoms with Crippen LogP contribution in [0.1, 0.15) is 30.5 Å². The number of rotatable bonds is 7. The smallest absolute Gasteiger partial charge is 0.238 e. The first kappa shape index (κ1) is 22.4. The number of nitrogens with zero attached hydrogens (tertiary/aromatic N) is 1. The first-order valence-corrected chi connectivity index (χ1v) is 11.6. The second-order valence-electron chi connectivity index (χ2n) is 7.86. The number of hydrogen-bond donors (Lipinski definition) is 2. The zero-order chi connectivity index (χ0) is 21.7. The lowest BCUT2D eigenvalue weighted by Gasteiger charge is -2.35. The molecule has 2 aromatic rings. The lowest BCUT2D eigenvalue weighted by Crippen LogP contribution is -2.45. The summed E-state index contributed by atoms with van der Waals surface area (Å²) in [6.45, 7) is 7.21. The number of sulfonamides is 1. The molecule has 8 heteroatoms. The Labute approximate surface area is 178 Å². The van der Waals surface area contributed by atoms with Crippen LogP contribution in [-0.4, -0.2) is 44.5 Å².